The van der Waals surface area contributed by atoms with Crippen LogP contribution in [0.5, 0.6) is 0 Å². The van der Waals surface area contributed by atoms with Gasteiger partial charge in [-0.05, 0) is 13.0 Å². The Bertz CT molecular complexity index is 1290. The number of anilines is 1. The Labute approximate surface area is 188 Å². The predicted molar refractivity (Wildman–Crippen MR) is 117 cm³/mol. The fourth-order valence-electron chi connectivity index (χ4n) is 4.62. The van der Waals surface area contributed by atoms with Crippen LogP contribution in [0, 0.1) is 6.92 Å². The van der Waals surface area contributed by atoms with E-state index in [0.29, 0.717) is 22.7 Å². The number of halogens is 1. The molecule has 1 amide bonds. The molecule has 162 valence electrons. The van der Waals surface area contributed by atoms with Crippen molar-refractivity contribution in [1.29, 1.82) is 0 Å². The monoisotopic (exact) mass is 450 g/mol. The molecule has 5 rings (SSSR count). The first-order valence-electron chi connectivity index (χ1n) is 10.0. The number of fused-ring (bicyclic) bond motifs is 1. The summed E-state index contributed by atoms with van der Waals surface area (Å²) in [6.45, 7) is 1.74. The quantitative estimate of drug-likeness (QED) is 0.696. The predicted octanol–water partition coefficient (Wildman–Crippen LogP) is 2.46. The smallest absolute Gasteiger partial charge is 0.259 e. The van der Waals surface area contributed by atoms with Gasteiger partial charge in [-0.2, -0.15) is 5.10 Å². The standard InChI is InChI=1S/C23H19ClN4O4/c1-12-8-19(26-27(12)2)28-11-18(30)20(21(31)13-6-4-3-5-7-13)23(28)14-9-17(29)15(24)10-16(14)25-22(23)32/h3-8,10,30H,9,11H2,1-2H3,(H,25,32). The molecule has 9 heteroatoms. The molecule has 1 aromatic heterocycles. The molecule has 0 fully saturated rings. The van der Waals surface area contributed by atoms with Crippen LogP contribution in [0.15, 0.2) is 70.1 Å². The summed E-state index contributed by atoms with van der Waals surface area (Å²) in [5.41, 5.74) is 0.108. The second-order valence-electron chi connectivity index (χ2n) is 8.02. The molecule has 3 heterocycles. The van der Waals surface area contributed by atoms with Crippen molar-refractivity contribution in [1.82, 2.24) is 15.1 Å². The number of Topliss-reactive ketones (excluding diaryl/α,β-unsaturated/α-hetero) is 2. The maximum Gasteiger partial charge on any atom is 0.259 e. The van der Waals surface area contributed by atoms with Crippen LogP contribution in [0.2, 0.25) is 0 Å². The molecular weight excluding hydrogens is 432 g/mol. The van der Waals surface area contributed by atoms with Gasteiger partial charge in [0.05, 0.1) is 17.2 Å². The van der Waals surface area contributed by atoms with E-state index in [1.807, 2.05) is 6.92 Å². The number of aliphatic hydroxyl groups is 1. The number of carbonyl (C=O) groups excluding carboxylic acids is 3. The number of nitrogens with zero attached hydrogens (tertiary/aromatic N) is 3. The van der Waals surface area contributed by atoms with Gasteiger partial charge in [0, 0.05) is 42.1 Å². The summed E-state index contributed by atoms with van der Waals surface area (Å²) in [5, 5.41) is 18.3. The van der Waals surface area contributed by atoms with Crippen molar-refractivity contribution in [2.75, 3.05) is 11.4 Å². The number of aryl methyl sites for hydroxylation is 2. The van der Waals surface area contributed by atoms with Crippen molar-refractivity contribution in [3.63, 3.8) is 0 Å². The third-order valence-corrected chi connectivity index (χ3v) is 6.54. The van der Waals surface area contributed by atoms with Crippen LogP contribution in [0.4, 0.5) is 5.82 Å². The second-order valence-corrected chi connectivity index (χ2v) is 8.43. The van der Waals surface area contributed by atoms with E-state index in [1.165, 1.54) is 6.08 Å². The molecular formula is C23H19ClN4O4. The highest BCUT2D eigenvalue weighted by Gasteiger charge is 2.63. The maximum absolute atomic E-state index is 13.6. The molecule has 8 nitrogen and oxygen atoms in total. The topological polar surface area (TPSA) is 105 Å². The van der Waals surface area contributed by atoms with Crippen LogP contribution in [0.1, 0.15) is 22.5 Å². The highest BCUT2D eigenvalue weighted by molar-refractivity contribution is 6.43. The lowest BCUT2D eigenvalue weighted by Gasteiger charge is -2.37. The van der Waals surface area contributed by atoms with Gasteiger partial charge in [-0.3, -0.25) is 19.1 Å². The number of rotatable bonds is 3. The van der Waals surface area contributed by atoms with E-state index >= 15 is 0 Å². The minimum atomic E-state index is -1.71. The molecule has 32 heavy (non-hydrogen) atoms. The summed E-state index contributed by atoms with van der Waals surface area (Å²) in [4.78, 5) is 41.4. The first-order chi connectivity index (χ1) is 15.2. The lowest BCUT2D eigenvalue weighted by atomic mass is 9.76. The molecule has 1 unspecified atom stereocenters. The van der Waals surface area contributed by atoms with Crippen molar-refractivity contribution >= 4 is 34.9 Å². The molecule has 0 saturated carbocycles. The van der Waals surface area contributed by atoms with Crippen molar-refractivity contribution in [2.45, 2.75) is 18.9 Å². The number of aromatic nitrogens is 2. The highest BCUT2D eigenvalue weighted by Crippen LogP contribution is 2.50. The summed E-state index contributed by atoms with van der Waals surface area (Å²) in [6.07, 6.45) is 1.24. The molecule has 2 aromatic rings. The van der Waals surface area contributed by atoms with Crippen molar-refractivity contribution in [2.24, 2.45) is 7.05 Å². The molecule has 1 aromatic carbocycles. The molecule has 0 radical (unpaired) electrons. The first-order valence-corrected chi connectivity index (χ1v) is 10.4. The number of ketones is 2. The average molecular weight is 451 g/mol. The van der Waals surface area contributed by atoms with Crippen LogP contribution in [0.3, 0.4) is 0 Å². The Kier molecular flexibility index (Phi) is 4.39. The molecule has 0 saturated heterocycles. The van der Waals surface area contributed by atoms with Gasteiger partial charge in [0.15, 0.2) is 22.9 Å². The summed E-state index contributed by atoms with van der Waals surface area (Å²) in [7, 11) is 1.76. The largest absolute Gasteiger partial charge is 0.510 e. The zero-order valence-electron chi connectivity index (χ0n) is 17.3. The molecule has 3 aliphatic rings. The fraction of sp³-hybridized carbons (Fsp3) is 0.217. The minimum Gasteiger partial charge on any atom is -0.510 e. The molecule has 2 aliphatic heterocycles. The van der Waals surface area contributed by atoms with E-state index in [2.05, 4.69) is 10.4 Å². The number of hydrogen-bond acceptors (Lipinski definition) is 6. The summed E-state index contributed by atoms with van der Waals surface area (Å²) in [6, 6.07) is 10.2. The first kappa shape index (κ1) is 20.3. The van der Waals surface area contributed by atoms with E-state index < -0.39 is 17.2 Å². The van der Waals surface area contributed by atoms with E-state index in [-0.39, 0.29) is 35.1 Å². The Morgan fingerprint density at radius 3 is 2.62 bits per heavy atom. The zero-order valence-corrected chi connectivity index (χ0v) is 18.1. The number of aliphatic hydroxyl groups excluding tert-OH is 1. The van der Waals surface area contributed by atoms with Crippen molar-refractivity contribution in [3.8, 4) is 0 Å². The normalized spacial score (nSPS) is 22.6. The van der Waals surface area contributed by atoms with Crippen LogP contribution >= 0.6 is 11.6 Å². The van der Waals surface area contributed by atoms with Gasteiger partial charge in [0.2, 0.25) is 0 Å². The van der Waals surface area contributed by atoms with Gasteiger partial charge < -0.3 is 15.3 Å². The molecule has 1 spiro atoms. The second kappa shape index (κ2) is 6.93. The van der Waals surface area contributed by atoms with Gasteiger partial charge in [-0.25, -0.2) is 0 Å². The summed E-state index contributed by atoms with van der Waals surface area (Å²) >= 11 is 6.05. The number of amides is 1. The molecule has 2 N–H and O–H groups in total. The third-order valence-electron chi connectivity index (χ3n) is 6.22. The van der Waals surface area contributed by atoms with Crippen molar-refractivity contribution < 1.29 is 19.5 Å². The van der Waals surface area contributed by atoms with Crippen molar-refractivity contribution in [3.05, 3.63) is 81.4 Å². The number of benzene rings is 1. The van der Waals surface area contributed by atoms with Gasteiger partial charge in [0.25, 0.3) is 5.91 Å². The van der Waals surface area contributed by atoms with Gasteiger partial charge in [-0.15, -0.1) is 0 Å². The molecule has 1 atom stereocenters. The fourth-order valence-corrected chi connectivity index (χ4v) is 4.79. The average Bonchev–Trinajstić information content (AvgIpc) is 3.36. The number of allylic oxidation sites excluding steroid dienone is 2. The summed E-state index contributed by atoms with van der Waals surface area (Å²) < 4.78 is 1.64. The van der Waals surface area contributed by atoms with E-state index in [9.17, 15) is 19.5 Å². The molecule has 0 bridgehead atoms. The lowest BCUT2D eigenvalue weighted by molar-refractivity contribution is -0.122. The number of carbonyl (C=O) groups is 3. The Morgan fingerprint density at radius 1 is 1.25 bits per heavy atom. The Hall–Kier alpha value is -3.65. The van der Waals surface area contributed by atoms with Crippen LogP contribution in [0.25, 0.3) is 0 Å². The van der Waals surface area contributed by atoms with Gasteiger partial charge >= 0.3 is 0 Å². The van der Waals surface area contributed by atoms with Crippen LogP contribution < -0.4 is 10.2 Å². The van der Waals surface area contributed by atoms with E-state index in [1.54, 1.807) is 53.0 Å². The number of nitrogens with one attached hydrogen (secondary N) is 1. The van der Waals surface area contributed by atoms with E-state index in [0.717, 1.165) is 5.69 Å². The van der Waals surface area contributed by atoms with Crippen LogP contribution in [-0.2, 0) is 16.6 Å². The van der Waals surface area contributed by atoms with E-state index in [4.69, 9.17) is 11.6 Å². The van der Waals surface area contributed by atoms with Gasteiger partial charge in [-0.1, -0.05) is 41.9 Å². The van der Waals surface area contributed by atoms with Gasteiger partial charge in [0.1, 0.15) is 5.76 Å². The zero-order chi connectivity index (χ0) is 22.8. The Morgan fingerprint density at radius 2 is 1.97 bits per heavy atom. The highest BCUT2D eigenvalue weighted by atomic mass is 35.5. The number of hydrogen-bond donors (Lipinski definition) is 2. The molecule has 1 aliphatic carbocycles. The lowest BCUT2D eigenvalue weighted by Crippen LogP contribution is -2.56. The Balaban J connectivity index is 1.77. The SMILES string of the molecule is Cc1cc(N2CC(O)=C(C(=O)c3ccccc3)C23C(=O)NC2=C3CC(=O)C(Cl)=C2)nn1C. The minimum absolute atomic E-state index is 0.00321. The third kappa shape index (κ3) is 2.62. The summed E-state index contributed by atoms with van der Waals surface area (Å²) in [5.74, 6) is -1.22. The maximum atomic E-state index is 13.6. The van der Waals surface area contributed by atoms with Crippen LogP contribution in [-0.4, -0.2) is 44.4 Å².